The fraction of sp³-hybridized carbons (Fsp3) is 0.312. The number of aromatic nitrogens is 2. The Bertz CT molecular complexity index is 710. The first-order valence-electron chi connectivity index (χ1n) is 7.33. The standard InChI is InChI=1S/C16H16Cl2N4O/c1-11-9-14(20-10-19-11)21-5-7-22(8-6-21)16(23)15-12(17)3-2-4-13(15)18/h2-4,9-10H,5-8H2,1H3. The summed E-state index contributed by atoms with van der Waals surface area (Å²) in [4.78, 5) is 25.0. The van der Waals surface area contributed by atoms with Crippen molar-refractivity contribution >= 4 is 34.9 Å². The van der Waals surface area contributed by atoms with Gasteiger partial charge in [0.15, 0.2) is 0 Å². The highest BCUT2D eigenvalue weighted by molar-refractivity contribution is 6.39. The largest absolute Gasteiger partial charge is 0.353 e. The topological polar surface area (TPSA) is 49.3 Å². The van der Waals surface area contributed by atoms with E-state index < -0.39 is 0 Å². The molecular formula is C16H16Cl2N4O. The van der Waals surface area contributed by atoms with Gasteiger partial charge in [0.25, 0.3) is 5.91 Å². The molecule has 0 saturated carbocycles. The molecule has 0 aliphatic carbocycles. The number of benzene rings is 1. The predicted molar refractivity (Wildman–Crippen MR) is 91.3 cm³/mol. The van der Waals surface area contributed by atoms with E-state index in [0.717, 1.165) is 11.5 Å². The highest BCUT2D eigenvalue weighted by Crippen LogP contribution is 2.26. The molecule has 1 aliphatic heterocycles. The molecule has 0 atom stereocenters. The minimum Gasteiger partial charge on any atom is -0.353 e. The smallest absolute Gasteiger partial charge is 0.257 e. The maximum absolute atomic E-state index is 12.7. The van der Waals surface area contributed by atoms with Crippen LogP contribution < -0.4 is 4.90 Å². The molecule has 0 radical (unpaired) electrons. The molecule has 0 unspecified atom stereocenters. The van der Waals surface area contributed by atoms with E-state index in [4.69, 9.17) is 23.2 Å². The lowest BCUT2D eigenvalue weighted by Gasteiger charge is -2.35. The van der Waals surface area contributed by atoms with E-state index in [9.17, 15) is 4.79 Å². The zero-order valence-corrected chi connectivity index (χ0v) is 14.2. The highest BCUT2D eigenvalue weighted by Gasteiger charge is 2.25. The van der Waals surface area contributed by atoms with E-state index in [2.05, 4.69) is 14.9 Å². The summed E-state index contributed by atoms with van der Waals surface area (Å²) >= 11 is 12.3. The molecule has 0 N–H and O–H groups in total. The van der Waals surface area contributed by atoms with E-state index in [-0.39, 0.29) is 5.91 Å². The molecule has 1 amide bonds. The fourth-order valence-corrected chi connectivity index (χ4v) is 3.17. The molecule has 5 nitrogen and oxygen atoms in total. The molecule has 1 fully saturated rings. The molecule has 1 saturated heterocycles. The zero-order valence-electron chi connectivity index (χ0n) is 12.7. The lowest BCUT2D eigenvalue weighted by atomic mass is 10.1. The molecule has 1 aromatic heterocycles. The second kappa shape index (κ2) is 6.72. The van der Waals surface area contributed by atoms with Crippen molar-refractivity contribution in [2.24, 2.45) is 0 Å². The van der Waals surface area contributed by atoms with Crippen molar-refractivity contribution in [3.63, 3.8) is 0 Å². The number of anilines is 1. The van der Waals surface area contributed by atoms with Crippen LogP contribution >= 0.6 is 23.2 Å². The van der Waals surface area contributed by atoms with Gasteiger partial charge in [-0.15, -0.1) is 0 Å². The summed E-state index contributed by atoms with van der Waals surface area (Å²) < 4.78 is 0. The SMILES string of the molecule is Cc1cc(N2CCN(C(=O)c3c(Cl)cccc3Cl)CC2)ncn1. The molecule has 3 rings (SSSR count). The summed E-state index contributed by atoms with van der Waals surface area (Å²) in [6, 6.07) is 7.04. The first-order valence-corrected chi connectivity index (χ1v) is 8.09. The minimum atomic E-state index is -0.126. The van der Waals surface area contributed by atoms with Gasteiger partial charge >= 0.3 is 0 Å². The third-order valence-corrected chi connectivity index (χ3v) is 4.49. The van der Waals surface area contributed by atoms with Crippen LogP contribution in [-0.4, -0.2) is 47.0 Å². The Morgan fingerprint density at radius 1 is 1.09 bits per heavy atom. The van der Waals surface area contributed by atoms with Crippen LogP contribution in [0.2, 0.25) is 10.0 Å². The van der Waals surface area contributed by atoms with Crippen LogP contribution in [-0.2, 0) is 0 Å². The Labute approximate surface area is 144 Å². The highest BCUT2D eigenvalue weighted by atomic mass is 35.5. The van der Waals surface area contributed by atoms with Crippen molar-refractivity contribution in [1.82, 2.24) is 14.9 Å². The van der Waals surface area contributed by atoms with Crippen LogP contribution in [0.1, 0.15) is 16.1 Å². The van der Waals surface area contributed by atoms with Gasteiger partial charge in [0.2, 0.25) is 0 Å². The molecule has 1 aliphatic rings. The van der Waals surface area contributed by atoms with Crippen molar-refractivity contribution < 1.29 is 4.79 Å². The maximum atomic E-state index is 12.7. The molecule has 2 aromatic rings. The van der Waals surface area contributed by atoms with Crippen LogP contribution in [0.5, 0.6) is 0 Å². The molecule has 2 heterocycles. The Balaban J connectivity index is 1.70. The second-order valence-electron chi connectivity index (χ2n) is 5.39. The second-order valence-corrected chi connectivity index (χ2v) is 6.21. The normalized spacial score (nSPS) is 14.9. The van der Waals surface area contributed by atoms with Gasteiger partial charge in [-0.25, -0.2) is 9.97 Å². The number of carbonyl (C=O) groups is 1. The van der Waals surface area contributed by atoms with Gasteiger partial charge in [-0.05, 0) is 19.1 Å². The average Bonchev–Trinajstić information content (AvgIpc) is 2.55. The summed E-state index contributed by atoms with van der Waals surface area (Å²) in [6.07, 6.45) is 1.56. The van der Waals surface area contributed by atoms with E-state index in [1.165, 1.54) is 0 Å². The molecule has 0 bridgehead atoms. The Morgan fingerprint density at radius 3 is 2.35 bits per heavy atom. The van der Waals surface area contributed by atoms with E-state index in [1.807, 2.05) is 13.0 Å². The summed E-state index contributed by atoms with van der Waals surface area (Å²) in [5.41, 5.74) is 1.30. The van der Waals surface area contributed by atoms with Crippen LogP contribution in [0, 0.1) is 6.92 Å². The Hall–Kier alpha value is -1.85. The summed E-state index contributed by atoms with van der Waals surface area (Å²) in [5, 5.41) is 0.771. The zero-order chi connectivity index (χ0) is 16.4. The third-order valence-electron chi connectivity index (χ3n) is 3.86. The predicted octanol–water partition coefficient (Wildman–Crippen LogP) is 3.05. The summed E-state index contributed by atoms with van der Waals surface area (Å²) in [7, 11) is 0. The molecule has 7 heteroatoms. The molecule has 120 valence electrons. The van der Waals surface area contributed by atoms with E-state index >= 15 is 0 Å². The van der Waals surface area contributed by atoms with Gasteiger partial charge in [0.05, 0.1) is 15.6 Å². The van der Waals surface area contributed by atoms with Gasteiger partial charge in [0.1, 0.15) is 12.1 Å². The third kappa shape index (κ3) is 3.41. The first-order chi connectivity index (χ1) is 11.1. The molecule has 0 spiro atoms. The Morgan fingerprint density at radius 2 is 1.74 bits per heavy atom. The van der Waals surface area contributed by atoms with Crippen molar-refractivity contribution in [3.05, 3.63) is 51.9 Å². The number of hydrogen-bond acceptors (Lipinski definition) is 4. The number of piperazine rings is 1. The lowest BCUT2D eigenvalue weighted by Crippen LogP contribution is -2.49. The number of rotatable bonds is 2. The van der Waals surface area contributed by atoms with Crippen molar-refractivity contribution in [2.45, 2.75) is 6.92 Å². The number of aryl methyl sites for hydroxylation is 1. The van der Waals surface area contributed by atoms with Gasteiger partial charge in [0, 0.05) is 37.9 Å². The summed E-state index contributed by atoms with van der Waals surface area (Å²) in [5.74, 6) is 0.763. The van der Waals surface area contributed by atoms with E-state index in [0.29, 0.717) is 41.8 Å². The van der Waals surface area contributed by atoms with Crippen LogP contribution in [0.25, 0.3) is 0 Å². The Kier molecular flexibility index (Phi) is 4.68. The molecule has 23 heavy (non-hydrogen) atoms. The average molecular weight is 351 g/mol. The molecule has 1 aromatic carbocycles. The quantitative estimate of drug-likeness (QED) is 0.835. The fourth-order valence-electron chi connectivity index (χ4n) is 2.61. The number of hydrogen-bond donors (Lipinski definition) is 0. The maximum Gasteiger partial charge on any atom is 0.257 e. The van der Waals surface area contributed by atoms with Gasteiger partial charge < -0.3 is 9.80 Å². The van der Waals surface area contributed by atoms with Crippen molar-refractivity contribution in [2.75, 3.05) is 31.1 Å². The minimum absolute atomic E-state index is 0.126. The van der Waals surface area contributed by atoms with E-state index in [1.54, 1.807) is 29.4 Å². The van der Waals surface area contributed by atoms with Crippen molar-refractivity contribution in [1.29, 1.82) is 0 Å². The number of nitrogens with zero attached hydrogens (tertiary/aromatic N) is 4. The monoisotopic (exact) mass is 350 g/mol. The van der Waals surface area contributed by atoms with Gasteiger partial charge in [-0.1, -0.05) is 29.3 Å². The number of amides is 1. The van der Waals surface area contributed by atoms with Crippen molar-refractivity contribution in [3.8, 4) is 0 Å². The lowest BCUT2D eigenvalue weighted by molar-refractivity contribution is 0.0747. The van der Waals surface area contributed by atoms with Crippen LogP contribution in [0.15, 0.2) is 30.6 Å². The van der Waals surface area contributed by atoms with Crippen LogP contribution in [0.3, 0.4) is 0 Å². The number of carbonyl (C=O) groups excluding carboxylic acids is 1. The summed E-state index contributed by atoms with van der Waals surface area (Å²) in [6.45, 7) is 4.56. The van der Waals surface area contributed by atoms with Gasteiger partial charge in [-0.2, -0.15) is 0 Å². The first kappa shape index (κ1) is 16.0. The van der Waals surface area contributed by atoms with Crippen LogP contribution in [0.4, 0.5) is 5.82 Å². The molecular weight excluding hydrogens is 335 g/mol. The number of halogens is 2. The van der Waals surface area contributed by atoms with Gasteiger partial charge in [-0.3, -0.25) is 4.79 Å².